The minimum absolute atomic E-state index is 0.0426. The third-order valence-electron chi connectivity index (χ3n) is 4.60. The molecular formula is C20H27N5O. The van der Waals surface area contributed by atoms with Crippen molar-refractivity contribution in [3.8, 4) is 0 Å². The van der Waals surface area contributed by atoms with Crippen LogP contribution in [0.1, 0.15) is 30.8 Å². The number of rotatable bonds is 6. The Kier molecular flexibility index (Phi) is 6.04. The van der Waals surface area contributed by atoms with Gasteiger partial charge in [-0.25, -0.2) is 0 Å². The molecule has 1 aliphatic rings. The molecule has 1 aromatic heterocycles. The summed E-state index contributed by atoms with van der Waals surface area (Å²) in [6, 6.07) is 13.9. The van der Waals surface area contributed by atoms with Crippen LogP contribution in [0.5, 0.6) is 0 Å². The number of hydrogen-bond donors (Lipinski definition) is 1. The maximum Gasteiger partial charge on any atom is 0.274 e. The second-order valence-corrected chi connectivity index (χ2v) is 7.03. The number of piperazine rings is 1. The predicted molar refractivity (Wildman–Crippen MR) is 105 cm³/mol. The summed E-state index contributed by atoms with van der Waals surface area (Å²) in [7, 11) is 0. The zero-order valence-electron chi connectivity index (χ0n) is 15.6. The first-order valence-electron chi connectivity index (χ1n) is 9.30. The quantitative estimate of drug-likeness (QED) is 0.865. The van der Waals surface area contributed by atoms with Gasteiger partial charge in [0.15, 0.2) is 5.69 Å². The molecule has 2 heterocycles. The number of amides is 1. The Hall–Kier alpha value is -2.63. The second-order valence-electron chi connectivity index (χ2n) is 7.03. The molecular weight excluding hydrogens is 326 g/mol. The van der Waals surface area contributed by atoms with Crippen LogP contribution in [0.2, 0.25) is 0 Å². The molecule has 0 saturated carbocycles. The van der Waals surface area contributed by atoms with Crippen LogP contribution in [0.4, 0.5) is 11.5 Å². The Balaban J connectivity index is 1.52. The normalized spacial score (nSPS) is 14.6. The molecule has 0 spiro atoms. The number of carbonyl (C=O) groups excluding carboxylic acids is 1. The summed E-state index contributed by atoms with van der Waals surface area (Å²) in [5, 5.41) is 11.5. The monoisotopic (exact) mass is 353 g/mol. The van der Waals surface area contributed by atoms with Crippen LogP contribution in [-0.2, 0) is 0 Å². The summed E-state index contributed by atoms with van der Waals surface area (Å²) < 4.78 is 0. The van der Waals surface area contributed by atoms with Gasteiger partial charge >= 0.3 is 0 Å². The second kappa shape index (κ2) is 8.65. The third kappa shape index (κ3) is 4.71. The van der Waals surface area contributed by atoms with Crippen LogP contribution in [0.3, 0.4) is 0 Å². The molecule has 3 rings (SSSR count). The first kappa shape index (κ1) is 18.2. The Morgan fingerprint density at radius 3 is 2.38 bits per heavy atom. The van der Waals surface area contributed by atoms with Crippen LogP contribution < -0.4 is 10.2 Å². The highest BCUT2D eigenvalue weighted by Crippen LogP contribution is 2.16. The van der Waals surface area contributed by atoms with Gasteiger partial charge in [-0.3, -0.25) is 4.79 Å². The van der Waals surface area contributed by atoms with E-state index in [9.17, 15) is 4.79 Å². The molecule has 1 fully saturated rings. The Labute approximate surface area is 155 Å². The topological polar surface area (TPSA) is 61.4 Å². The van der Waals surface area contributed by atoms with Crippen LogP contribution >= 0.6 is 0 Å². The van der Waals surface area contributed by atoms with Crippen molar-refractivity contribution in [1.82, 2.24) is 15.1 Å². The minimum Gasteiger partial charge on any atom is -0.369 e. The molecule has 0 radical (unpaired) electrons. The van der Waals surface area contributed by atoms with E-state index in [4.69, 9.17) is 0 Å². The van der Waals surface area contributed by atoms with E-state index >= 15 is 0 Å². The molecule has 1 N–H and O–H groups in total. The number of carbonyl (C=O) groups is 1. The average Bonchev–Trinajstić information content (AvgIpc) is 2.68. The SMILES string of the molecule is CC(C)CCNc1ccc(C(=O)N2CCN(c3ccccc3)CC2)nn1. The molecule has 1 aliphatic heterocycles. The van der Waals surface area contributed by atoms with Crippen molar-refractivity contribution in [3.05, 3.63) is 48.2 Å². The maximum atomic E-state index is 12.6. The summed E-state index contributed by atoms with van der Waals surface area (Å²) >= 11 is 0. The summed E-state index contributed by atoms with van der Waals surface area (Å²) in [5.41, 5.74) is 1.61. The summed E-state index contributed by atoms with van der Waals surface area (Å²) in [6.07, 6.45) is 1.08. The smallest absolute Gasteiger partial charge is 0.274 e. The largest absolute Gasteiger partial charge is 0.369 e. The molecule has 1 saturated heterocycles. The number of aromatic nitrogens is 2. The van der Waals surface area contributed by atoms with E-state index in [0.29, 0.717) is 24.7 Å². The lowest BCUT2D eigenvalue weighted by molar-refractivity contribution is 0.0739. The number of nitrogens with one attached hydrogen (secondary N) is 1. The van der Waals surface area contributed by atoms with Crippen molar-refractivity contribution < 1.29 is 4.79 Å². The zero-order chi connectivity index (χ0) is 18.4. The number of para-hydroxylation sites is 1. The van der Waals surface area contributed by atoms with E-state index in [1.165, 1.54) is 5.69 Å². The van der Waals surface area contributed by atoms with E-state index in [2.05, 4.69) is 46.4 Å². The molecule has 26 heavy (non-hydrogen) atoms. The van der Waals surface area contributed by atoms with Gasteiger partial charge in [-0.1, -0.05) is 32.0 Å². The van der Waals surface area contributed by atoms with Crippen molar-refractivity contribution in [3.63, 3.8) is 0 Å². The van der Waals surface area contributed by atoms with Gasteiger partial charge in [0, 0.05) is 38.4 Å². The van der Waals surface area contributed by atoms with Gasteiger partial charge in [0.1, 0.15) is 5.82 Å². The van der Waals surface area contributed by atoms with Gasteiger partial charge in [0.25, 0.3) is 5.91 Å². The minimum atomic E-state index is -0.0426. The van der Waals surface area contributed by atoms with Crippen molar-refractivity contribution in [2.75, 3.05) is 42.9 Å². The summed E-state index contributed by atoms with van der Waals surface area (Å²) in [6.45, 7) is 8.30. The van der Waals surface area contributed by atoms with Crippen molar-refractivity contribution in [2.24, 2.45) is 5.92 Å². The van der Waals surface area contributed by atoms with Crippen LogP contribution in [0, 0.1) is 5.92 Å². The van der Waals surface area contributed by atoms with E-state index in [0.717, 1.165) is 31.9 Å². The Morgan fingerprint density at radius 1 is 1.04 bits per heavy atom. The van der Waals surface area contributed by atoms with Gasteiger partial charge in [0.2, 0.25) is 0 Å². The van der Waals surface area contributed by atoms with Gasteiger partial charge in [-0.15, -0.1) is 10.2 Å². The molecule has 0 aliphatic carbocycles. The van der Waals surface area contributed by atoms with Crippen molar-refractivity contribution in [2.45, 2.75) is 20.3 Å². The van der Waals surface area contributed by atoms with E-state index in [-0.39, 0.29) is 5.91 Å². The molecule has 6 heteroatoms. The maximum absolute atomic E-state index is 12.6. The van der Waals surface area contributed by atoms with Crippen molar-refractivity contribution >= 4 is 17.4 Å². The van der Waals surface area contributed by atoms with Crippen molar-refractivity contribution in [1.29, 1.82) is 0 Å². The molecule has 1 amide bonds. The Morgan fingerprint density at radius 2 is 1.77 bits per heavy atom. The number of anilines is 2. The van der Waals surface area contributed by atoms with Gasteiger partial charge in [-0.05, 0) is 36.6 Å². The zero-order valence-corrected chi connectivity index (χ0v) is 15.6. The standard InChI is InChI=1S/C20H27N5O/c1-16(2)10-11-21-19-9-8-18(22-23-19)20(26)25-14-12-24(13-15-25)17-6-4-3-5-7-17/h3-9,16H,10-15H2,1-2H3,(H,21,23). The van der Waals surface area contributed by atoms with Crippen LogP contribution in [-0.4, -0.2) is 53.7 Å². The number of hydrogen-bond acceptors (Lipinski definition) is 5. The number of nitrogens with zero attached hydrogens (tertiary/aromatic N) is 4. The van der Waals surface area contributed by atoms with Crippen LogP contribution in [0.15, 0.2) is 42.5 Å². The van der Waals surface area contributed by atoms with Gasteiger partial charge in [-0.2, -0.15) is 0 Å². The predicted octanol–water partition coefficient (Wildman–Crippen LogP) is 2.90. The molecule has 0 atom stereocenters. The Bertz CT molecular complexity index is 694. The highest BCUT2D eigenvalue weighted by molar-refractivity contribution is 5.92. The summed E-state index contributed by atoms with van der Waals surface area (Å²) in [4.78, 5) is 16.8. The lowest BCUT2D eigenvalue weighted by Crippen LogP contribution is -2.49. The summed E-state index contributed by atoms with van der Waals surface area (Å²) in [5.74, 6) is 1.32. The molecule has 0 bridgehead atoms. The average molecular weight is 353 g/mol. The lowest BCUT2D eigenvalue weighted by atomic mass is 10.1. The third-order valence-corrected chi connectivity index (χ3v) is 4.60. The first-order chi connectivity index (χ1) is 12.6. The van der Waals surface area contributed by atoms with E-state index in [1.54, 1.807) is 6.07 Å². The number of benzene rings is 1. The fraction of sp³-hybridized carbons (Fsp3) is 0.450. The van der Waals surface area contributed by atoms with E-state index in [1.807, 2.05) is 29.2 Å². The fourth-order valence-electron chi connectivity index (χ4n) is 3.00. The lowest BCUT2D eigenvalue weighted by Gasteiger charge is -2.35. The molecule has 2 aromatic rings. The van der Waals surface area contributed by atoms with E-state index < -0.39 is 0 Å². The first-order valence-corrected chi connectivity index (χ1v) is 9.30. The highest BCUT2D eigenvalue weighted by Gasteiger charge is 2.23. The molecule has 1 aromatic carbocycles. The highest BCUT2D eigenvalue weighted by atomic mass is 16.2. The molecule has 0 unspecified atom stereocenters. The fourth-order valence-corrected chi connectivity index (χ4v) is 3.00. The van der Waals surface area contributed by atoms with Gasteiger partial charge in [0.05, 0.1) is 0 Å². The molecule has 6 nitrogen and oxygen atoms in total. The molecule has 138 valence electrons. The van der Waals surface area contributed by atoms with Crippen LogP contribution in [0.25, 0.3) is 0 Å². The van der Waals surface area contributed by atoms with Gasteiger partial charge < -0.3 is 15.1 Å².